The van der Waals surface area contributed by atoms with E-state index in [4.69, 9.17) is 14.2 Å². The lowest BCUT2D eigenvalue weighted by Gasteiger charge is -2.39. The summed E-state index contributed by atoms with van der Waals surface area (Å²) in [4.78, 5) is 58.2. The van der Waals surface area contributed by atoms with Crippen molar-refractivity contribution in [3.05, 3.63) is 82.3 Å². The molecule has 1 N–H and O–H groups in total. The van der Waals surface area contributed by atoms with Crippen molar-refractivity contribution in [3.63, 3.8) is 0 Å². The van der Waals surface area contributed by atoms with Gasteiger partial charge in [0.05, 0.1) is 59.0 Å². The third-order valence-corrected chi connectivity index (χ3v) is 16.7. The first kappa shape index (κ1) is 37.3. The summed E-state index contributed by atoms with van der Waals surface area (Å²) in [5.74, 6) is -0.352. The lowest BCUT2D eigenvalue weighted by molar-refractivity contribution is -0.154. The number of esters is 1. The van der Waals surface area contributed by atoms with Crippen LogP contribution >= 0.6 is 15.9 Å². The van der Waals surface area contributed by atoms with Crippen LogP contribution in [-0.2, 0) is 40.8 Å². The molecule has 4 aliphatic rings. The number of carbonyl (C=O) groups excluding carboxylic acids is 4. The van der Waals surface area contributed by atoms with Crippen molar-refractivity contribution in [3.8, 4) is 5.75 Å². The van der Waals surface area contributed by atoms with Crippen molar-refractivity contribution in [2.24, 2.45) is 5.92 Å². The van der Waals surface area contributed by atoms with E-state index in [1.807, 2.05) is 42.5 Å². The SMILES string of the molecule is COc1ccc([Si](C)(C)[C@H]2[C@H](CC(=O)N3CCC[C@H]3CO)O[C@@]3(C(=O)N(Cc4ccc(N5C(=O)CC5OC(C)=O)cc4)c4ccc(Br)cc43)[C@@H]2C)cc1. The van der Waals surface area contributed by atoms with Crippen LogP contribution in [0.25, 0.3) is 0 Å². The van der Waals surface area contributed by atoms with Gasteiger partial charge in [0.1, 0.15) is 5.75 Å². The second-order valence-electron chi connectivity index (χ2n) is 15.2. The highest BCUT2D eigenvalue weighted by Crippen LogP contribution is 2.60. The van der Waals surface area contributed by atoms with E-state index in [1.165, 1.54) is 17.0 Å². The number of halogens is 1. The van der Waals surface area contributed by atoms with E-state index in [-0.39, 0.29) is 61.2 Å². The third kappa shape index (κ3) is 6.38. The van der Waals surface area contributed by atoms with Gasteiger partial charge in [-0.05, 0) is 66.4 Å². The number of anilines is 2. The standard InChI is InChI=1S/C40H46BrN3O8Si/c1-24-38(53(4,5)31-15-13-30(50-3)14-16-31)34(20-35(47)42-18-6-7-29(42)23-45)52-40(24)32-19-27(41)10-17-33(32)43(39(40)49)22-26-8-11-28(12-9-26)44-36(48)21-37(44)51-25(2)46/h8-17,19,24,29,34,37-38,45H,6-7,18,20-23H2,1-5H3/t24-,29+,34+,37?,38-,40+/m1/s1. The second kappa shape index (κ2) is 14.3. The number of benzene rings is 3. The van der Waals surface area contributed by atoms with Crippen molar-refractivity contribution in [1.82, 2.24) is 4.90 Å². The molecule has 13 heteroatoms. The zero-order chi connectivity index (χ0) is 37.8. The summed E-state index contributed by atoms with van der Waals surface area (Å²) in [5.41, 5.74) is 1.51. The monoisotopic (exact) mass is 803 g/mol. The van der Waals surface area contributed by atoms with Gasteiger partial charge in [0.15, 0.2) is 11.8 Å². The number of β-lactam (4-membered cyclic amide) rings is 1. The van der Waals surface area contributed by atoms with E-state index in [0.29, 0.717) is 12.2 Å². The van der Waals surface area contributed by atoms with Crippen molar-refractivity contribution >= 4 is 64.3 Å². The maximum Gasteiger partial charge on any atom is 0.304 e. The summed E-state index contributed by atoms with van der Waals surface area (Å²) in [5, 5.41) is 11.2. The molecule has 1 unspecified atom stereocenters. The number of aliphatic hydroxyl groups excluding tert-OH is 1. The highest BCUT2D eigenvalue weighted by atomic mass is 79.9. The van der Waals surface area contributed by atoms with Gasteiger partial charge in [0, 0.05) is 35.1 Å². The smallest absolute Gasteiger partial charge is 0.304 e. The Bertz CT molecular complexity index is 1920. The van der Waals surface area contributed by atoms with Crippen molar-refractivity contribution < 1.29 is 38.5 Å². The molecule has 3 aromatic carbocycles. The van der Waals surface area contributed by atoms with Gasteiger partial charge in [-0.2, -0.15) is 0 Å². The number of hydrogen-bond acceptors (Lipinski definition) is 8. The average molecular weight is 805 g/mol. The van der Waals surface area contributed by atoms with Crippen molar-refractivity contribution in [2.75, 3.05) is 30.1 Å². The Morgan fingerprint density at radius 1 is 1.06 bits per heavy atom. The number of aliphatic hydroxyl groups is 1. The van der Waals surface area contributed by atoms with Crippen LogP contribution in [-0.4, -0.2) is 80.4 Å². The molecule has 3 amide bonds. The van der Waals surface area contributed by atoms with Gasteiger partial charge in [-0.3, -0.25) is 24.1 Å². The van der Waals surface area contributed by atoms with Crippen LogP contribution in [0.2, 0.25) is 18.6 Å². The summed E-state index contributed by atoms with van der Waals surface area (Å²) in [6, 6.07) is 21.1. The minimum atomic E-state index is -2.48. The molecule has 0 radical (unpaired) electrons. The lowest BCUT2D eigenvalue weighted by Crippen LogP contribution is -2.54. The molecule has 0 aromatic heterocycles. The van der Waals surface area contributed by atoms with E-state index in [1.54, 1.807) is 29.0 Å². The predicted octanol–water partition coefficient (Wildman–Crippen LogP) is 5.22. The molecule has 7 rings (SSSR count). The fourth-order valence-electron chi connectivity index (χ4n) is 9.21. The van der Waals surface area contributed by atoms with Crippen LogP contribution in [0.5, 0.6) is 5.75 Å². The van der Waals surface area contributed by atoms with Gasteiger partial charge >= 0.3 is 5.97 Å². The first-order chi connectivity index (χ1) is 25.3. The molecular formula is C40H46BrN3O8Si. The number of hydrogen-bond donors (Lipinski definition) is 1. The van der Waals surface area contributed by atoms with Gasteiger partial charge in [0.25, 0.3) is 5.91 Å². The Morgan fingerprint density at radius 3 is 2.42 bits per heavy atom. The van der Waals surface area contributed by atoms with E-state index in [0.717, 1.165) is 39.9 Å². The molecule has 3 saturated heterocycles. The number of carbonyl (C=O) groups is 4. The minimum absolute atomic E-state index is 0.0613. The summed E-state index contributed by atoms with van der Waals surface area (Å²) in [7, 11) is -0.835. The quantitative estimate of drug-likeness (QED) is 0.168. The molecule has 1 spiro atoms. The van der Waals surface area contributed by atoms with Crippen LogP contribution in [0, 0.1) is 5.92 Å². The van der Waals surface area contributed by atoms with Gasteiger partial charge in [-0.25, -0.2) is 0 Å². The maximum absolute atomic E-state index is 15.2. The molecule has 0 bridgehead atoms. The second-order valence-corrected chi connectivity index (χ2v) is 20.8. The molecule has 4 aliphatic heterocycles. The fraction of sp³-hybridized carbons (Fsp3) is 0.450. The van der Waals surface area contributed by atoms with Crippen molar-refractivity contribution in [1.29, 1.82) is 0 Å². The Morgan fingerprint density at radius 2 is 1.77 bits per heavy atom. The third-order valence-electron chi connectivity index (χ3n) is 11.8. The predicted molar refractivity (Wildman–Crippen MR) is 205 cm³/mol. The van der Waals surface area contributed by atoms with Crippen LogP contribution in [0.15, 0.2) is 71.2 Å². The number of likely N-dealkylation sites (tertiary alicyclic amines) is 1. The summed E-state index contributed by atoms with van der Waals surface area (Å²) in [6.45, 7) is 8.77. The molecular weight excluding hydrogens is 758 g/mol. The maximum atomic E-state index is 15.2. The van der Waals surface area contributed by atoms with Gasteiger partial charge in [-0.1, -0.05) is 65.4 Å². The minimum Gasteiger partial charge on any atom is -0.497 e. The summed E-state index contributed by atoms with van der Waals surface area (Å²) in [6.07, 6.45) is 0.686. The molecule has 11 nitrogen and oxygen atoms in total. The molecule has 3 aromatic rings. The normalized spacial score (nSPS) is 26.6. The van der Waals surface area contributed by atoms with Crippen LogP contribution in [0.1, 0.15) is 50.7 Å². The molecule has 6 atom stereocenters. The average Bonchev–Trinajstić information content (AvgIpc) is 3.79. The van der Waals surface area contributed by atoms with Crippen LogP contribution in [0.3, 0.4) is 0 Å². The molecule has 3 fully saturated rings. The lowest BCUT2D eigenvalue weighted by atomic mass is 9.82. The fourth-order valence-corrected chi connectivity index (χ4v) is 13.6. The van der Waals surface area contributed by atoms with Gasteiger partial charge in [0.2, 0.25) is 11.8 Å². The Balaban J connectivity index is 1.24. The van der Waals surface area contributed by atoms with Crippen LogP contribution < -0.4 is 19.7 Å². The highest BCUT2D eigenvalue weighted by Gasteiger charge is 2.66. The largest absolute Gasteiger partial charge is 0.497 e. The van der Waals surface area contributed by atoms with E-state index < -0.39 is 32.0 Å². The number of amides is 3. The van der Waals surface area contributed by atoms with E-state index in [2.05, 4.69) is 48.1 Å². The molecule has 53 heavy (non-hydrogen) atoms. The van der Waals surface area contributed by atoms with Crippen LogP contribution in [0.4, 0.5) is 11.4 Å². The molecule has 4 heterocycles. The van der Waals surface area contributed by atoms with Gasteiger partial charge in [-0.15, -0.1) is 0 Å². The topological polar surface area (TPSA) is 126 Å². The van der Waals surface area contributed by atoms with Crippen molar-refractivity contribution in [2.45, 2.75) is 88.7 Å². The number of methoxy groups -OCH3 is 1. The zero-order valence-electron chi connectivity index (χ0n) is 30.7. The molecule has 0 saturated carbocycles. The first-order valence-electron chi connectivity index (χ1n) is 18.2. The van der Waals surface area contributed by atoms with E-state index >= 15 is 4.79 Å². The van der Waals surface area contributed by atoms with E-state index in [9.17, 15) is 19.5 Å². The summed E-state index contributed by atoms with van der Waals surface area (Å²) < 4.78 is 18.7. The Labute approximate surface area is 319 Å². The Hall–Kier alpha value is -4.04. The Kier molecular flexibility index (Phi) is 10.1. The molecule has 280 valence electrons. The number of ether oxygens (including phenoxy) is 3. The number of rotatable bonds is 10. The van der Waals surface area contributed by atoms with Gasteiger partial charge < -0.3 is 29.1 Å². The number of nitrogens with zero attached hydrogens (tertiary/aromatic N) is 3. The number of fused-ring (bicyclic) bond motifs is 2. The zero-order valence-corrected chi connectivity index (χ0v) is 33.3. The highest BCUT2D eigenvalue weighted by molar-refractivity contribution is 9.10. The summed E-state index contributed by atoms with van der Waals surface area (Å²) >= 11 is 3.66. The molecule has 0 aliphatic carbocycles. The first-order valence-corrected chi connectivity index (χ1v) is 22.1.